The first kappa shape index (κ1) is 22.5. The van der Waals surface area contributed by atoms with Gasteiger partial charge in [-0.05, 0) is 26.3 Å². The lowest BCUT2D eigenvalue weighted by atomic mass is 10.0. The standard InChI is InChI=1S/C21H29NO8/c1-4-27-16(25)10-14-18-19(30-21(2,3)29-18)17(15(24)11-23)22(14)20(26)28-12-13-8-6-5-7-9-13/h5-9,14-15,17-19,23-24H,4,10-12H2,1-3H3/t14-,15+,17-,18+,19-/m0/s1. The van der Waals surface area contributed by atoms with Crippen molar-refractivity contribution in [1.82, 2.24) is 4.90 Å². The van der Waals surface area contributed by atoms with Gasteiger partial charge in [0.1, 0.15) is 24.9 Å². The number of aliphatic hydroxyl groups is 2. The Kier molecular flexibility index (Phi) is 6.97. The number of nitrogens with zero attached hydrogens (tertiary/aromatic N) is 1. The van der Waals surface area contributed by atoms with Crippen LogP contribution in [0.5, 0.6) is 0 Å². The van der Waals surface area contributed by atoms with Crippen LogP contribution in [-0.4, -0.2) is 76.6 Å². The average molecular weight is 423 g/mol. The molecule has 0 radical (unpaired) electrons. The number of amides is 1. The van der Waals surface area contributed by atoms with E-state index in [2.05, 4.69) is 0 Å². The van der Waals surface area contributed by atoms with Crippen molar-refractivity contribution in [3.05, 3.63) is 35.9 Å². The topological polar surface area (TPSA) is 115 Å². The van der Waals surface area contributed by atoms with E-state index in [9.17, 15) is 19.8 Å². The molecular weight excluding hydrogens is 394 g/mol. The van der Waals surface area contributed by atoms with E-state index in [-0.39, 0.29) is 19.6 Å². The highest BCUT2D eigenvalue weighted by molar-refractivity contribution is 5.74. The minimum absolute atomic E-state index is 0.0206. The first-order valence-corrected chi connectivity index (χ1v) is 10.1. The van der Waals surface area contributed by atoms with Crippen molar-refractivity contribution in [2.75, 3.05) is 13.2 Å². The van der Waals surface area contributed by atoms with Crippen LogP contribution in [0, 0.1) is 0 Å². The summed E-state index contributed by atoms with van der Waals surface area (Å²) in [5, 5.41) is 20.1. The minimum atomic E-state index is -1.30. The van der Waals surface area contributed by atoms with Crippen LogP contribution in [0.4, 0.5) is 4.79 Å². The summed E-state index contributed by atoms with van der Waals surface area (Å²) < 4.78 is 22.4. The van der Waals surface area contributed by atoms with Crippen LogP contribution in [0.2, 0.25) is 0 Å². The first-order valence-electron chi connectivity index (χ1n) is 10.1. The Balaban J connectivity index is 1.86. The number of fused-ring (bicyclic) bond motifs is 1. The van der Waals surface area contributed by atoms with Gasteiger partial charge in [-0.15, -0.1) is 0 Å². The molecule has 0 bridgehead atoms. The summed E-state index contributed by atoms with van der Waals surface area (Å²) in [6.07, 6.45) is -3.59. The molecule has 2 N–H and O–H groups in total. The molecule has 9 heteroatoms. The third-order valence-electron chi connectivity index (χ3n) is 5.24. The minimum Gasteiger partial charge on any atom is -0.466 e. The number of benzene rings is 1. The third-order valence-corrected chi connectivity index (χ3v) is 5.24. The maximum absolute atomic E-state index is 13.0. The predicted molar refractivity (Wildman–Crippen MR) is 104 cm³/mol. The number of aliphatic hydroxyl groups excluding tert-OH is 2. The number of ether oxygens (including phenoxy) is 4. The van der Waals surface area contributed by atoms with Gasteiger partial charge in [0.15, 0.2) is 5.79 Å². The number of hydrogen-bond acceptors (Lipinski definition) is 8. The van der Waals surface area contributed by atoms with Gasteiger partial charge in [-0.3, -0.25) is 9.69 Å². The Hall–Kier alpha value is -2.20. The van der Waals surface area contributed by atoms with Crippen molar-refractivity contribution in [3.8, 4) is 0 Å². The van der Waals surface area contributed by atoms with Gasteiger partial charge in [-0.25, -0.2) is 4.79 Å². The fraction of sp³-hybridized carbons (Fsp3) is 0.619. The molecular formula is C21H29NO8. The number of rotatable bonds is 7. The zero-order valence-electron chi connectivity index (χ0n) is 17.4. The third kappa shape index (κ3) is 4.75. The quantitative estimate of drug-likeness (QED) is 0.629. The van der Waals surface area contributed by atoms with Crippen molar-refractivity contribution >= 4 is 12.1 Å². The second kappa shape index (κ2) is 9.30. The molecule has 0 aliphatic carbocycles. The van der Waals surface area contributed by atoms with Crippen LogP contribution >= 0.6 is 0 Å². The fourth-order valence-corrected chi connectivity index (χ4v) is 4.09. The molecule has 2 fully saturated rings. The molecule has 2 saturated heterocycles. The number of esters is 1. The SMILES string of the molecule is CCOC(=O)C[C@H]1[C@H]2OC(C)(C)O[C@H]2[C@H]([C@H](O)CO)N1C(=O)OCc1ccccc1. The molecule has 2 heterocycles. The average Bonchev–Trinajstić information content (AvgIpc) is 3.17. The van der Waals surface area contributed by atoms with Crippen LogP contribution in [0.25, 0.3) is 0 Å². The molecule has 1 aromatic carbocycles. The van der Waals surface area contributed by atoms with E-state index in [1.807, 2.05) is 30.3 Å². The summed E-state index contributed by atoms with van der Waals surface area (Å²) >= 11 is 0. The van der Waals surface area contributed by atoms with Gasteiger partial charge >= 0.3 is 12.1 Å². The molecule has 166 valence electrons. The first-order chi connectivity index (χ1) is 14.3. The van der Waals surface area contributed by atoms with E-state index in [1.165, 1.54) is 4.90 Å². The molecule has 0 spiro atoms. The van der Waals surface area contributed by atoms with E-state index in [0.717, 1.165) is 5.56 Å². The Bertz CT molecular complexity index is 740. The zero-order chi connectivity index (χ0) is 21.9. The molecule has 0 aromatic heterocycles. The van der Waals surface area contributed by atoms with Crippen molar-refractivity contribution in [2.45, 2.75) is 70.0 Å². The second-order valence-electron chi connectivity index (χ2n) is 7.83. The van der Waals surface area contributed by atoms with Crippen LogP contribution in [-0.2, 0) is 30.3 Å². The Labute approximate surface area is 175 Å². The lowest BCUT2D eigenvalue weighted by molar-refractivity contribution is -0.175. The van der Waals surface area contributed by atoms with Crippen LogP contribution in [0.15, 0.2) is 30.3 Å². The smallest absolute Gasteiger partial charge is 0.410 e. The van der Waals surface area contributed by atoms with Gasteiger partial charge in [-0.1, -0.05) is 30.3 Å². The second-order valence-corrected chi connectivity index (χ2v) is 7.83. The fourth-order valence-electron chi connectivity index (χ4n) is 4.09. The monoisotopic (exact) mass is 423 g/mol. The number of carbonyl (C=O) groups excluding carboxylic acids is 2. The molecule has 5 atom stereocenters. The lowest BCUT2D eigenvalue weighted by Gasteiger charge is -2.34. The van der Waals surface area contributed by atoms with Crippen LogP contribution in [0.1, 0.15) is 32.8 Å². The molecule has 30 heavy (non-hydrogen) atoms. The highest BCUT2D eigenvalue weighted by atomic mass is 16.8. The van der Waals surface area contributed by atoms with Crippen LogP contribution < -0.4 is 0 Å². The summed E-state index contributed by atoms with van der Waals surface area (Å²) in [5.41, 5.74) is 0.792. The van der Waals surface area contributed by atoms with Gasteiger partial charge < -0.3 is 29.2 Å². The Morgan fingerprint density at radius 3 is 2.47 bits per heavy atom. The van der Waals surface area contributed by atoms with Crippen molar-refractivity contribution in [1.29, 1.82) is 0 Å². The van der Waals surface area contributed by atoms with E-state index in [1.54, 1.807) is 20.8 Å². The summed E-state index contributed by atoms with van der Waals surface area (Å²) in [6.45, 7) is 4.75. The van der Waals surface area contributed by atoms with Crippen molar-refractivity contribution in [3.63, 3.8) is 0 Å². The summed E-state index contributed by atoms with van der Waals surface area (Å²) in [4.78, 5) is 26.5. The molecule has 2 aliphatic heterocycles. The molecule has 1 aromatic rings. The zero-order valence-corrected chi connectivity index (χ0v) is 17.4. The summed E-state index contributed by atoms with van der Waals surface area (Å²) in [5.74, 6) is -1.47. The highest BCUT2D eigenvalue weighted by Crippen LogP contribution is 2.43. The van der Waals surface area contributed by atoms with Gasteiger partial charge in [0, 0.05) is 0 Å². The number of carbonyl (C=O) groups is 2. The maximum atomic E-state index is 13.0. The molecule has 3 rings (SSSR count). The van der Waals surface area contributed by atoms with Crippen LogP contribution in [0.3, 0.4) is 0 Å². The summed E-state index contributed by atoms with van der Waals surface area (Å²) in [7, 11) is 0. The molecule has 9 nitrogen and oxygen atoms in total. The molecule has 2 aliphatic rings. The largest absolute Gasteiger partial charge is 0.466 e. The Morgan fingerprint density at radius 1 is 1.17 bits per heavy atom. The molecule has 0 saturated carbocycles. The van der Waals surface area contributed by atoms with Gasteiger partial charge in [-0.2, -0.15) is 0 Å². The molecule has 1 amide bonds. The van der Waals surface area contributed by atoms with E-state index in [4.69, 9.17) is 18.9 Å². The predicted octanol–water partition coefficient (Wildman–Crippen LogP) is 1.20. The van der Waals surface area contributed by atoms with E-state index < -0.39 is 54.9 Å². The number of hydrogen-bond donors (Lipinski definition) is 2. The van der Waals surface area contributed by atoms with Gasteiger partial charge in [0.2, 0.25) is 0 Å². The van der Waals surface area contributed by atoms with Gasteiger partial charge in [0.05, 0.1) is 31.7 Å². The van der Waals surface area contributed by atoms with Crippen molar-refractivity contribution in [2.24, 2.45) is 0 Å². The normalized spacial score (nSPS) is 28.1. The van der Waals surface area contributed by atoms with Gasteiger partial charge in [0.25, 0.3) is 0 Å². The van der Waals surface area contributed by atoms with E-state index >= 15 is 0 Å². The Morgan fingerprint density at radius 2 is 1.83 bits per heavy atom. The molecule has 0 unspecified atom stereocenters. The van der Waals surface area contributed by atoms with Crippen molar-refractivity contribution < 1.29 is 38.7 Å². The van der Waals surface area contributed by atoms with E-state index in [0.29, 0.717) is 0 Å². The number of likely N-dealkylation sites (tertiary alicyclic amines) is 1. The highest BCUT2D eigenvalue weighted by Gasteiger charge is 2.61. The lowest BCUT2D eigenvalue weighted by Crippen LogP contribution is -2.53. The maximum Gasteiger partial charge on any atom is 0.410 e. The summed E-state index contributed by atoms with van der Waals surface area (Å²) in [6, 6.07) is 7.43.